The Morgan fingerprint density at radius 1 is 1.64 bits per heavy atom. The molecule has 2 rings (SSSR count). The van der Waals surface area contributed by atoms with Crippen molar-refractivity contribution in [3.05, 3.63) is 23.8 Å². The van der Waals surface area contributed by atoms with Crippen LogP contribution in [0.1, 0.15) is 18.6 Å². The molecular weight excluding hydrogens is 184 g/mol. The quantitative estimate of drug-likeness (QED) is 0.686. The van der Waals surface area contributed by atoms with Crippen molar-refractivity contribution in [2.45, 2.75) is 13.0 Å². The van der Waals surface area contributed by atoms with Crippen molar-refractivity contribution in [1.29, 1.82) is 0 Å². The van der Waals surface area contributed by atoms with E-state index in [0.29, 0.717) is 12.4 Å². The Bertz CT molecular complexity index is 372. The first kappa shape index (κ1) is 8.87. The van der Waals surface area contributed by atoms with Crippen molar-refractivity contribution in [2.24, 2.45) is 0 Å². The number of rotatable bonds is 1. The van der Waals surface area contributed by atoms with Crippen LogP contribution in [0.3, 0.4) is 0 Å². The van der Waals surface area contributed by atoms with E-state index in [2.05, 4.69) is 0 Å². The molecule has 1 aliphatic heterocycles. The Morgan fingerprint density at radius 2 is 2.43 bits per heavy atom. The van der Waals surface area contributed by atoms with Gasteiger partial charge in [-0.3, -0.25) is 4.79 Å². The molecule has 0 amide bonds. The number of esters is 1. The van der Waals surface area contributed by atoms with Crippen LogP contribution in [0.15, 0.2) is 18.2 Å². The molecule has 74 valence electrons. The number of carbonyl (C=O) groups excluding carboxylic acids is 1. The van der Waals surface area contributed by atoms with Gasteiger partial charge in [0.05, 0.1) is 0 Å². The summed E-state index contributed by atoms with van der Waals surface area (Å²) in [6.45, 7) is 1.68. The van der Waals surface area contributed by atoms with Crippen molar-refractivity contribution in [1.82, 2.24) is 0 Å². The summed E-state index contributed by atoms with van der Waals surface area (Å²) >= 11 is 0. The molecule has 4 heteroatoms. The average molecular weight is 194 g/mol. The van der Waals surface area contributed by atoms with Gasteiger partial charge in [-0.15, -0.1) is 0 Å². The summed E-state index contributed by atoms with van der Waals surface area (Å²) in [4.78, 5) is 10.7. The molecule has 0 unspecified atom stereocenters. The highest BCUT2D eigenvalue weighted by Gasteiger charge is 2.26. The minimum absolute atomic E-state index is 0.146. The van der Waals surface area contributed by atoms with Crippen LogP contribution >= 0.6 is 0 Å². The molecule has 1 aliphatic rings. The number of hydrogen-bond donors (Lipinski definition) is 1. The molecule has 1 heterocycles. The summed E-state index contributed by atoms with van der Waals surface area (Å²) < 4.78 is 10.3. The van der Waals surface area contributed by atoms with Crippen LogP contribution in [-0.2, 0) is 9.53 Å². The summed E-state index contributed by atoms with van der Waals surface area (Å²) in [6, 6.07) is 4.76. The van der Waals surface area contributed by atoms with Gasteiger partial charge in [0.25, 0.3) is 0 Å². The lowest BCUT2D eigenvalue weighted by Gasteiger charge is -2.08. The fourth-order valence-electron chi connectivity index (χ4n) is 1.47. The highest BCUT2D eigenvalue weighted by molar-refractivity contribution is 5.66. The number of aromatic hydroxyl groups is 1. The lowest BCUT2D eigenvalue weighted by Crippen LogP contribution is -2.09. The predicted molar refractivity (Wildman–Crippen MR) is 48.1 cm³/mol. The van der Waals surface area contributed by atoms with Gasteiger partial charge >= 0.3 is 5.97 Å². The van der Waals surface area contributed by atoms with Crippen molar-refractivity contribution in [2.75, 3.05) is 6.61 Å². The van der Waals surface area contributed by atoms with Gasteiger partial charge in [-0.25, -0.2) is 0 Å². The number of phenolic OH excluding ortho intramolecular Hbond substituents is 1. The second kappa shape index (κ2) is 3.21. The van der Waals surface area contributed by atoms with Gasteiger partial charge in [0.15, 0.2) is 6.10 Å². The average Bonchev–Trinajstić information content (AvgIpc) is 2.47. The minimum atomic E-state index is -0.344. The van der Waals surface area contributed by atoms with Gasteiger partial charge in [0.2, 0.25) is 0 Å². The highest BCUT2D eigenvalue weighted by Crippen LogP contribution is 2.36. The number of ether oxygens (including phenoxy) is 2. The summed E-state index contributed by atoms with van der Waals surface area (Å²) in [7, 11) is 0. The molecule has 1 N–H and O–H groups in total. The molecule has 0 saturated heterocycles. The first-order chi connectivity index (χ1) is 6.66. The molecule has 14 heavy (non-hydrogen) atoms. The number of carbonyl (C=O) groups is 1. The smallest absolute Gasteiger partial charge is 0.303 e. The molecule has 0 spiro atoms. The molecule has 1 atom stereocenters. The van der Waals surface area contributed by atoms with Crippen LogP contribution in [0.25, 0.3) is 0 Å². The number of phenols is 1. The van der Waals surface area contributed by atoms with Gasteiger partial charge < -0.3 is 14.6 Å². The van der Waals surface area contributed by atoms with Crippen LogP contribution in [-0.4, -0.2) is 17.7 Å². The van der Waals surface area contributed by atoms with Crippen LogP contribution in [0.5, 0.6) is 11.5 Å². The molecule has 0 aliphatic carbocycles. The Hall–Kier alpha value is -1.71. The van der Waals surface area contributed by atoms with Crippen molar-refractivity contribution in [3.8, 4) is 11.5 Å². The second-order valence-corrected chi connectivity index (χ2v) is 3.13. The van der Waals surface area contributed by atoms with Crippen LogP contribution in [0, 0.1) is 0 Å². The zero-order valence-corrected chi connectivity index (χ0v) is 7.69. The third-order valence-electron chi connectivity index (χ3n) is 2.04. The maximum absolute atomic E-state index is 10.7. The monoisotopic (exact) mass is 194 g/mol. The van der Waals surface area contributed by atoms with E-state index in [0.717, 1.165) is 5.56 Å². The summed E-state index contributed by atoms with van der Waals surface area (Å²) in [5.41, 5.74) is 0.804. The minimum Gasteiger partial charge on any atom is -0.508 e. The first-order valence-electron chi connectivity index (χ1n) is 4.30. The zero-order valence-electron chi connectivity index (χ0n) is 7.69. The number of benzene rings is 1. The highest BCUT2D eigenvalue weighted by atomic mass is 16.6. The van der Waals surface area contributed by atoms with E-state index in [1.807, 2.05) is 0 Å². The van der Waals surface area contributed by atoms with Crippen LogP contribution in [0.4, 0.5) is 0 Å². The molecule has 0 radical (unpaired) electrons. The zero-order chi connectivity index (χ0) is 10.1. The molecule has 1 aromatic carbocycles. The Balaban J connectivity index is 2.26. The molecule has 1 aromatic rings. The molecule has 0 saturated carbocycles. The standard InChI is InChI=1S/C10H10O4/c1-6(11)14-10-5-13-9-4-7(12)2-3-8(9)10/h2-4,10,12H,5H2,1H3/t10-/m0/s1. The van der Waals surface area contributed by atoms with Gasteiger partial charge in [-0.2, -0.15) is 0 Å². The second-order valence-electron chi connectivity index (χ2n) is 3.13. The maximum atomic E-state index is 10.7. The summed E-state index contributed by atoms with van der Waals surface area (Å²) in [5.74, 6) is 0.392. The normalized spacial score (nSPS) is 18.5. The first-order valence-corrected chi connectivity index (χ1v) is 4.30. The third-order valence-corrected chi connectivity index (χ3v) is 2.04. The van der Waals surface area contributed by atoms with E-state index in [4.69, 9.17) is 9.47 Å². The number of fused-ring (bicyclic) bond motifs is 1. The van der Waals surface area contributed by atoms with Gasteiger partial charge in [0.1, 0.15) is 18.1 Å². The lowest BCUT2D eigenvalue weighted by atomic mass is 10.1. The third kappa shape index (κ3) is 1.51. The summed E-state index contributed by atoms with van der Waals surface area (Å²) in [5, 5.41) is 9.18. The Morgan fingerprint density at radius 3 is 3.14 bits per heavy atom. The molecule has 0 bridgehead atoms. The molecular formula is C10H10O4. The topological polar surface area (TPSA) is 55.8 Å². The molecule has 0 fully saturated rings. The Kier molecular flexibility index (Phi) is 2.04. The van der Waals surface area contributed by atoms with Crippen molar-refractivity contribution >= 4 is 5.97 Å². The summed E-state index contributed by atoms with van der Waals surface area (Å²) in [6.07, 6.45) is -0.344. The largest absolute Gasteiger partial charge is 0.508 e. The Labute approximate surface area is 81.1 Å². The van der Waals surface area contributed by atoms with Crippen LogP contribution in [0.2, 0.25) is 0 Å². The molecule has 0 aromatic heterocycles. The van der Waals surface area contributed by atoms with Gasteiger partial charge in [0, 0.05) is 18.6 Å². The van der Waals surface area contributed by atoms with E-state index in [-0.39, 0.29) is 17.8 Å². The van der Waals surface area contributed by atoms with Gasteiger partial charge in [-0.1, -0.05) is 0 Å². The van der Waals surface area contributed by atoms with E-state index in [9.17, 15) is 9.90 Å². The van der Waals surface area contributed by atoms with E-state index >= 15 is 0 Å². The van der Waals surface area contributed by atoms with E-state index in [1.165, 1.54) is 13.0 Å². The van der Waals surface area contributed by atoms with Crippen LogP contribution < -0.4 is 4.74 Å². The van der Waals surface area contributed by atoms with Gasteiger partial charge in [-0.05, 0) is 12.1 Å². The van der Waals surface area contributed by atoms with Crippen molar-refractivity contribution in [3.63, 3.8) is 0 Å². The van der Waals surface area contributed by atoms with Crippen molar-refractivity contribution < 1.29 is 19.4 Å². The molecule has 4 nitrogen and oxygen atoms in total. The van der Waals surface area contributed by atoms with E-state index in [1.54, 1.807) is 12.1 Å². The fraction of sp³-hybridized carbons (Fsp3) is 0.300. The number of hydrogen-bond acceptors (Lipinski definition) is 4. The SMILES string of the molecule is CC(=O)O[C@H]1COc2cc(O)ccc21. The maximum Gasteiger partial charge on any atom is 0.303 e. The predicted octanol–water partition coefficient (Wildman–Crippen LogP) is 1.39. The fourth-order valence-corrected chi connectivity index (χ4v) is 1.47. The lowest BCUT2D eigenvalue weighted by molar-refractivity contribution is -0.147. The van der Waals surface area contributed by atoms with E-state index < -0.39 is 0 Å².